The average Bonchev–Trinajstić information content (AvgIpc) is 2.90. The summed E-state index contributed by atoms with van der Waals surface area (Å²) in [4.78, 5) is 0. The molecule has 1 unspecified atom stereocenters. The maximum Gasteiger partial charge on any atom is 0.357 e. The van der Waals surface area contributed by atoms with Crippen LogP contribution in [-0.4, -0.2) is 0 Å². The van der Waals surface area contributed by atoms with Gasteiger partial charge in [0.15, 0.2) is 0 Å². The SMILES string of the molecule is N#CC(F)(F)c1ccc(-c2ccccc2)cc1.N#CC(F)c1ccc(-c2ccccc2)cc1. The molecular formula is C28H19F3N2. The van der Waals surface area contributed by atoms with Crippen LogP contribution in [0, 0.1) is 22.7 Å². The predicted octanol–water partition coefficient (Wildman–Crippen LogP) is 7.86. The van der Waals surface area contributed by atoms with Gasteiger partial charge in [0.05, 0.1) is 0 Å². The fraction of sp³-hybridized carbons (Fsp3) is 0.0714. The van der Waals surface area contributed by atoms with Gasteiger partial charge in [-0.2, -0.15) is 19.3 Å². The Morgan fingerprint density at radius 2 is 0.970 bits per heavy atom. The van der Waals surface area contributed by atoms with Crippen molar-refractivity contribution in [1.29, 1.82) is 10.5 Å². The van der Waals surface area contributed by atoms with Gasteiger partial charge in [-0.05, 0) is 22.3 Å². The summed E-state index contributed by atoms with van der Waals surface area (Å²) in [6.07, 6.45) is -1.54. The molecule has 0 aliphatic rings. The van der Waals surface area contributed by atoms with E-state index in [9.17, 15) is 13.2 Å². The van der Waals surface area contributed by atoms with Crippen molar-refractivity contribution in [2.45, 2.75) is 12.1 Å². The molecule has 33 heavy (non-hydrogen) atoms. The number of alkyl halides is 3. The van der Waals surface area contributed by atoms with Gasteiger partial charge in [-0.15, -0.1) is 0 Å². The zero-order chi connectivity index (χ0) is 23.7. The fourth-order valence-electron chi connectivity index (χ4n) is 3.12. The van der Waals surface area contributed by atoms with Crippen LogP contribution in [0.2, 0.25) is 0 Å². The number of benzene rings is 4. The Morgan fingerprint density at radius 1 is 0.576 bits per heavy atom. The third-order valence-electron chi connectivity index (χ3n) is 4.92. The van der Waals surface area contributed by atoms with Crippen LogP contribution < -0.4 is 0 Å². The summed E-state index contributed by atoms with van der Waals surface area (Å²) in [5.41, 5.74) is 4.04. The molecule has 5 heteroatoms. The van der Waals surface area contributed by atoms with Crippen LogP contribution >= 0.6 is 0 Å². The molecule has 2 nitrogen and oxygen atoms in total. The van der Waals surface area contributed by atoms with Crippen molar-refractivity contribution < 1.29 is 13.2 Å². The molecule has 0 aromatic heterocycles. The number of hydrogen-bond acceptors (Lipinski definition) is 2. The lowest BCUT2D eigenvalue weighted by atomic mass is 10.0. The molecule has 1 atom stereocenters. The minimum Gasteiger partial charge on any atom is -0.226 e. The molecule has 0 heterocycles. The first-order chi connectivity index (χ1) is 15.9. The van der Waals surface area contributed by atoms with Gasteiger partial charge in [0, 0.05) is 11.1 Å². The van der Waals surface area contributed by atoms with E-state index in [0.29, 0.717) is 5.56 Å². The number of nitriles is 2. The van der Waals surface area contributed by atoms with Crippen molar-refractivity contribution in [3.63, 3.8) is 0 Å². The van der Waals surface area contributed by atoms with Crippen LogP contribution in [0.4, 0.5) is 13.2 Å². The maximum absolute atomic E-state index is 13.1. The number of halogens is 3. The first kappa shape index (κ1) is 23.3. The van der Waals surface area contributed by atoms with Crippen molar-refractivity contribution in [3.8, 4) is 34.4 Å². The first-order valence-corrected chi connectivity index (χ1v) is 10.1. The van der Waals surface area contributed by atoms with Crippen LogP contribution in [-0.2, 0) is 5.92 Å². The summed E-state index contributed by atoms with van der Waals surface area (Å²) < 4.78 is 39.2. The highest BCUT2D eigenvalue weighted by atomic mass is 19.3. The van der Waals surface area contributed by atoms with Crippen molar-refractivity contribution >= 4 is 0 Å². The first-order valence-electron chi connectivity index (χ1n) is 10.1. The number of nitrogens with zero attached hydrogens (tertiary/aromatic N) is 2. The van der Waals surface area contributed by atoms with E-state index in [1.165, 1.54) is 12.1 Å². The van der Waals surface area contributed by atoms with E-state index < -0.39 is 12.1 Å². The van der Waals surface area contributed by atoms with Crippen molar-refractivity contribution in [1.82, 2.24) is 0 Å². The lowest BCUT2D eigenvalue weighted by Gasteiger charge is -2.08. The van der Waals surface area contributed by atoms with Gasteiger partial charge in [-0.1, -0.05) is 109 Å². The van der Waals surface area contributed by atoms with Gasteiger partial charge in [0.2, 0.25) is 6.17 Å². The van der Waals surface area contributed by atoms with Crippen molar-refractivity contribution in [2.24, 2.45) is 0 Å². The molecule has 4 aromatic rings. The molecule has 0 amide bonds. The molecule has 0 bridgehead atoms. The minimum absolute atomic E-state index is 0.278. The van der Waals surface area contributed by atoms with Crippen LogP contribution in [0.3, 0.4) is 0 Å². The highest BCUT2D eigenvalue weighted by Gasteiger charge is 2.30. The lowest BCUT2D eigenvalue weighted by molar-refractivity contribution is 0.0613. The molecular weight excluding hydrogens is 421 g/mol. The Kier molecular flexibility index (Phi) is 7.63. The molecule has 0 fully saturated rings. The summed E-state index contributed by atoms with van der Waals surface area (Å²) in [7, 11) is 0. The predicted molar refractivity (Wildman–Crippen MR) is 123 cm³/mol. The Hall–Kier alpha value is -4.35. The quantitative estimate of drug-likeness (QED) is 0.324. The molecule has 4 rings (SSSR count). The zero-order valence-corrected chi connectivity index (χ0v) is 17.5. The third-order valence-corrected chi connectivity index (χ3v) is 4.92. The molecule has 0 radical (unpaired) electrons. The van der Waals surface area contributed by atoms with E-state index in [4.69, 9.17) is 10.5 Å². The summed E-state index contributed by atoms with van der Waals surface area (Å²) in [6.45, 7) is 0. The van der Waals surface area contributed by atoms with Gasteiger partial charge in [0.25, 0.3) is 0 Å². The number of rotatable bonds is 4. The molecule has 4 aromatic carbocycles. The molecule has 0 aliphatic heterocycles. The monoisotopic (exact) mass is 440 g/mol. The molecule has 162 valence electrons. The highest BCUT2D eigenvalue weighted by Crippen LogP contribution is 2.29. The fourth-order valence-corrected chi connectivity index (χ4v) is 3.12. The molecule has 0 spiro atoms. The minimum atomic E-state index is -3.42. The smallest absolute Gasteiger partial charge is 0.226 e. The largest absolute Gasteiger partial charge is 0.357 e. The normalized spacial score (nSPS) is 11.3. The van der Waals surface area contributed by atoms with Gasteiger partial charge < -0.3 is 0 Å². The van der Waals surface area contributed by atoms with E-state index in [2.05, 4.69) is 0 Å². The van der Waals surface area contributed by atoms with Crippen LogP contribution in [0.5, 0.6) is 0 Å². The Labute approximate surface area is 190 Å². The Bertz CT molecular complexity index is 1240. The second kappa shape index (κ2) is 10.8. The molecule has 0 N–H and O–H groups in total. The average molecular weight is 440 g/mol. The van der Waals surface area contributed by atoms with Crippen molar-refractivity contribution in [2.75, 3.05) is 0 Å². The standard InChI is InChI=1S/C14H9F2N.C14H10FN/c15-14(16,10-17)13-8-6-12(7-9-13)11-4-2-1-3-5-11;15-14(10-16)13-8-6-12(7-9-13)11-4-2-1-3-5-11/h1-9H;1-9,14H. The van der Waals surface area contributed by atoms with E-state index in [1.807, 2.05) is 72.8 Å². The highest BCUT2D eigenvalue weighted by molar-refractivity contribution is 5.64. The summed E-state index contributed by atoms with van der Waals surface area (Å²) in [5.74, 6) is -3.42. The Morgan fingerprint density at radius 3 is 1.36 bits per heavy atom. The zero-order valence-electron chi connectivity index (χ0n) is 17.5. The second-order valence-corrected chi connectivity index (χ2v) is 7.11. The van der Waals surface area contributed by atoms with Gasteiger partial charge >= 0.3 is 5.92 Å². The van der Waals surface area contributed by atoms with E-state index in [0.717, 1.165) is 28.3 Å². The summed E-state index contributed by atoms with van der Waals surface area (Å²) in [5, 5.41) is 16.8. The van der Waals surface area contributed by atoms with Gasteiger partial charge in [0.1, 0.15) is 12.1 Å². The maximum atomic E-state index is 13.1. The van der Waals surface area contributed by atoms with Crippen LogP contribution in [0.1, 0.15) is 17.3 Å². The second-order valence-electron chi connectivity index (χ2n) is 7.11. The third kappa shape index (κ3) is 6.09. The molecule has 0 aliphatic carbocycles. The van der Waals surface area contributed by atoms with Gasteiger partial charge in [-0.25, -0.2) is 4.39 Å². The Balaban J connectivity index is 0.000000186. The molecule has 0 saturated carbocycles. The lowest BCUT2D eigenvalue weighted by Crippen LogP contribution is -2.09. The van der Waals surface area contributed by atoms with Crippen molar-refractivity contribution in [3.05, 3.63) is 120 Å². The topological polar surface area (TPSA) is 47.6 Å². The number of hydrogen-bond donors (Lipinski definition) is 0. The van der Waals surface area contributed by atoms with Gasteiger partial charge in [-0.3, -0.25) is 0 Å². The van der Waals surface area contributed by atoms with E-state index >= 15 is 0 Å². The van der Waals surface area contributed by atoms with E-state index in [1.54, 1.807) is 30.3 Å². The van der Waals surface area contributed by atoms with Crippen LogP contribution in [0.15, 0.2) is 109 Å². The molecule has 0 saturated heterocycles. The summed E-state index contributed by atoms with van der Waals surface area (Å²) in [6, 6.07) is 34.6. The summed E-state index contributed by atoms with van der Waals surface area (Å²) >= 11 is 0. The van der Waals surface area contributed by atoms with E-state index in [-0.39, 0.29) is 5.56 Å². The van der Waals surface area contributed by atoms with Crippen LogP contribution in [0.25, 0.3) is 22.3 Å².